The van der Waals surface area contributed by atoms with Crippen LogP contribution in [0.2, 0.25) is 0 Å². The van der Waals surface area contributed by atoms with Crippen molar-refractivity contribution in [3.05, 3.63) is 60.7 Å². The molecule has 3 aromatic heterocycles. The average molecular weight is 486 g/mol. The second-order valence-corrected chi connectivity index (χ2v) is 9.51. The number of imidazole rings is 1. The van der Waals surface area contributed by atoms with Crippen LogP contribution >= 0.6 is 0 Å². The number of aromatic nitrogens is 6. The number of nitrogens with one attached hydrogen (secondary N) is 1. The first kappa shape index (κ1) is 22.3. The molecule has 4 heterocycles. The fourth-order valence-corrected chi connectivity index (χ4v) is 4.36. The van der Waals surface area contributed by atoms with Crippen LogP contribution in [0.5, 0.6) is 11.5 Å². The second kappa shape index (κ2) is 8.78. The first-order valence-electron chi connectivity index (χ1n) is 12.2. The Morgan fingerprint density at radius 1 is 1.22 bits per heavy atom. The zero-order valence-electron chi connectivity index (χ0n) is 20.4. The van der Waals surface area contributed by atoms with Crippen molar-refractivity contribution in [3.63, 3.8) is 0 Å². The fourth-order valence-electron chi connectivity index (χ4n) is 4.36. The van der Waals surface area contributed by atoms with Crippen molar-refractivity contribution >= 4 is 11.6 Å². The third-order valence-corrected chi connectivity index (χ3v) is 6.28. The molecular formula is C26H27N7O3. The predicted octanol–water partition coefficient (Wildman–Crippen LogP) is 4.40. The van der Waals surface area contributed by atoms with Crippen LogP contribution in [0.25, 0.3) is 17.1 Å². The smallest absolute Gasteiger partial charge is 0.274 e. The second-order valence-electron chi connectivity index (χ2n) is 9.51. The third-order valence-electron chi connectivity index (χ3n) is 6.28. The van der Waals surface area contributed by atoms with Crippen LogP contribution in [-0.2, 0) is 0 Å². The minimum atomic E-state index is -0.356. The summed E-state index contributed by atoms with van der Waals surface area (Å²) in [4.78, 5) is 26.7. The average Bonchev–Trinajstić information content (AvgIpc) is 3.42. The Bertz CT molecular complexity index is 1440. The van der Waals surface area contributed by atoms with Crippen LogP contribution in [-0.4, -0.2) is 47.9 Å². The van der Waals surface area contributed by atoms with E-state index >= 15 is 0 Å². The highest BCUT2D eigenvalue weighted by molar-refractivity contribution is 6.04. The molecule has 10 heteroatoms. The zero-order valence-corrected chi connectivity index (χ0v) is 20.4. The molecule has 0 bridgehead atoms. The third kappa shape index (κ3) is 4.08. The van der Waals surface area contributed by atoms with Crippen LogP contribution in [0.1, 0.15) is 61.8 Å². The van der Waals surface area contributed by atoms with Crippen LogP contribution in [0.3, 0.4) is 0 Å². The van der Waals surface area contributed by atoms with Crippen molar-refractivity contribution in [2.75, 3.05) is 11.9 Å². The van der Waals surface area contributed by atoms with E-state index in [2.05, 4.69) is 25.4 Å². The van der Waals surface area contributed by atoms with Crippen LogP contribution in [0.15, 0.2) is 49.3 Å². The molecule has 0 spiro atoms. The monoisotopic (exact) mass is 485 g/mol. The summed E-state index contributed by atoms with van der Waals surface area (Å²) in [6, 6.07) is 7.31. The Morgan fingerprint density at radius 2 is 2.08 bits per heavy atom. The zero-order chi connectivity index (χ0) is 24.8. The molecule has 1 fully saturated rings. The SMILES string of the molecule is CC(C)Oc1cnc(C(=O)Nc2cccc3c2OC[C@H](C)n2ncnc2-3)cc1-n1cnc(C2CC2)c1. The Labute approximate surface area is 208 Å². The Morgan fingerprint density at radius 3 is 2.89 bits per heavy atom. The van der Waals surface area contributed by atoms with Gasteiger partial charge in [-0.25, -0.2) is 19.6 Å². The van der Waals surface area contributed by atoms with E-state index in [0.29, 0.717) is 41.2 Å². The summed E-state index contributed by atoms with van der Waals surface area (Å²) in [5, 5.41) is 7.30. The summed E-state index contributed by atoms with van der Waals surface area (Å²) in [6.45, 7) is 6.33. The van der Waals surface area contributed by atoms with E-state index in [4.69, 9.17) is 9.47 Å². The van der Waals surface area contributed by atoms with Gasteiger partial charge in [0.2, 0.25) is 0 Å². The minimum absolute atomic E-state index is 0.00638. The Balaban J connectivity index is 1.33. The maximum Gasteiger partial charge on any atom is 0.274 e. The normalized spacial score (nSPS) is 16.6. The summed E-state index contributed by atoms with van der Waals surface area (Å²) in [6.07, 6.45) is 9.17. The largest absolute Gasteiger partial charge is 0.488 e. The molecule has 1 aliphatic carbocycles. The number of para-hydroxylation sites is 1. The van der Waals surface area contributed by atoms with Crippen LogP contribution in [0, 0.1) is 0 Å². The molecule has 184 valence electrons. The fraction of sp³-hybridized carbons (Fsp3) is 0.346. The van der Waals surface area contributed by atoms with E-state index < -0.39 is 0 Å². The number of rotatable bonds is 6. The highest BCUT2D eigenvalue weighted by Crippen LogP contribution is 2.40. The molecule has 1 aromatic carbocycles. The number of ether oxygens (including phenoxy) is 2. The van der Waals surface area contributed by atoms with Gasteiger partial charge in [-0.2, -0.15) is 5.10 Å². The molecule has 2 aliphatic rings. The first-order valence-corrected chi connectivity index (χ1v) is 12.2. The molecule has 1 saturated carbocycles. The van der Waals surface area contributed by atoms with Gasteiger partial charge in [-0.05, 0) is 51.8 Å². The van der Waals surface area contributed by atoms with Crippen molar-refractivity contribution in [2.45, 2.75) is 51.7 Å². The summed E-state index contributed by atoms with van der Waals surface area (Å²) >= 11 is 0. The number of hydrogen-bond donors (Lipinski definition) is 1. The molecule has 36 heavy (non-hydrogen) atoms. The number of anilines is 1. The molecule has 10 nitrogen and oxygen atoms in total. The first-order chi connectivity index (χ1) is 17.5. The number of nitrogens with zero attached hydrogens (tertiary/aromatic N) is 6. The quantitative estimate of drug-likeness (QED) is 0.431. The van der Waals surface area contributed by atoms with Crippen molar-refractivity contribution in [1.82, 2.24) is 29.3 Å². The van der Waals surface area contributed by atoms with Gasteiger partial charge in [-0.3, -0.25) is 4.79 Å². The van der Waals surface area contributed by atoms with Gasteiger partial charge in [0.15, 0.2) is 17.3 Å². The molecular weight excluding hydrogens is 458 g/mol. The van der Waals surface area contributed by atoms with Gasteiger partial charge in [0.05, 0.1) is 47.3 Å². The van der Waals surface area contributed by atoms with Crippen molar-refractivity contribution in [3.8, 4) is 28.6 Å². The number of fused-ring (bicyclic) bond motifs is 3. The number of carbonyl (C=O) groups excluding carboxylic acids is 1. The molecule has 4 aromatic rings. The van der Waals surface area contributed by atoms with Gasteiger partial charge in [0, 0.05) is 12.1 Å². The summed E-state index contributed by atoms with van der Waals surface area (Å²) < 4.78 is 15.8. The number of benzene rings is 1. The van der Waals surface area contributed by atoms with Crippen LogP contribution < -0.4 is 14.8 Å². The molecule has 0 unspecified atom stereocenters. The van der Waals surface area contributed by atoms with Gasteiger partial charge in [0.1, 0.15) is 18.6 Å². The maximum absolute atomic E-state index is 13.4. The van der Waals surface area contributed by atoms with Gasteiger partial charge >= 0.3 is 0 Å². The highest BCUT2D eigenvalue weighted by Gasteiger charge is 2.27. The van der Waals surface area contributed by atoms with Crippen molar-refractivity contribution < 1.29 is 14.3 Å². The number of pyridine rings is 1. The van der Waals surface area contributed by atoms with E-state index in [-0.39, 0.29) is 23.7 Å². The maximum atomic E-state index is 13.4. The lowest BCUT2D eigenvalue weighted by Crippen LogP contribution is -2.17. The lowest BCUT2D eigenvalue weighted by molar-refractivity contribution is 0.102. The van der Waals surface area contributed by atoms with Crippen LogP contribution in [0.4, 0.5) is 5.69 Å². The van der Waals surface area contributed by atoms with E-state index in [0.717, 1.165) is 24.1 Å². The van der Waals surface area contributed by atoms with Crippen molar-refractivity contribution in [2.24, 2.45) is 0 Å². The molecule has 1 N–H and O–H groups in total. The molecule has 0 saturated heterocycles. The molecule has 0 radical (unpaired) electrons. The molecule has 1 atom stereocenters. The summed E-state index contributed by atoms with van der Waals surface area (Å²) in [7, 11) is 0. The van der Waals surface area contributed by atoms with E-state index in [1.54, 1.807) is 18.6 Å². The van der Waals surface area contributed by atoms with Crippen molar-refractivity contribution in [1.29, 1.82) is 0 Å². The van der Waals surface area contributed by atoms with Gasteiger partial charge < -0.3 is 19.4 Å². The van der Waals surface area contributed by atoms with E-state index in [9.17, 15) is 4.79 Å². The van der Waals surface area contributed by atoms with Gasteiger partial charge in [-0.1, -0.05) is 6.07 Å². The predicted molar refractivity (Wildman–Crippen MR) is 133 cm³/mol. The number of hydrogen-bond acceptors (Lipinski definition) is 7. The van der Waals surface area contributed by atoms with E-state index in [1.807, 2.05) is 54.4 Å². The Hall–Kier alpha value is -4.21. The summed E-state index contributed by atoms with van der Waals surface area (Å²) in [5.74, 6) is 2.02. The standard InChI is InChI=1S/C26H27N7O3/c1-15(2)36-23-10-27-20(9-22(23)32-11-21(29-14-32)17-7-8-17)26(34)31-19-6-4-5-18-24(19)35-12-16(3)33-25(18)28-13-30-33/h4-6,9-11,13-17H,7-8,12H2,1-3H3,(H,31,34)/t16-/m0/s1. The van der Waals surface area contributed by atoms with Gasteiger partial charge in [0.25, 0.3) is 5.91 Å². The molecule has 1 amide bonds. The molecule has 6 rings (SSSR count). The number of amides is 1. The topological polar surface area (TPSA) is 109 Å². The number of carbonyl (C=O) groups is 1. The summed E-state index contributed by atoms with van der Waals surface area (Å²) in [5.41, 5.74) is 3.35. The lowest BCUT2D eigenvalue weighted by Gasteiger charge is -2.16. The lowest BCUT2D eigenvalue weighted by atomic mass is 10.1. The van der Waals surface area contributed by atoms with Gasteiger partial charge in [-0.15, -0.1) is 0 Å². The highest BCUT2D eigenvalue weighted by atomic mass is 16.5. The molecule has 1 aliphatic heterocycles. The Kier molecular flexibility index (Phi) is 5.43. The van der Waals surface area contributed by atoms with E-state index in [1.165, 1.54) is 6.33 Å². The minimum Gasteiger partial charge on any atom is -0.488 e.